The summed E-state index contributed by atoms with van der Waals surface area (Å²) in [4.78, 5) is 11.4. The van der Waals surface area contributed by atoms with Crippen LogP contribution in [0.5, 0.6) is 0 Å². The summed E-state index contributed by atoms with van der Waals surface area (Å²) < 4.78 is 0. The quantitative estimate of drug-likeness (QED) is 0.863. The maximum absolute atomic E-state index is 11.4. The molecule has 0 radical (unpaired) electrons. The van der Waals surface area contributed by atoms with Crippen molar-refractivity contribution >= 4 is 11.7 Å². The zero-order chi connectivity index (χ0) is 13.7. The van der Waals surface area contributed by atoms with Gasteiger partial charge in [-0.1, -0.05) is 48.5 Å². The van der Waals surface area contributed by atoms with Gasteiger partial charge in [0.15, 0.2) is 0 Å². The highest BCUT2D eigenvalue weighted by atomic mass is 16.4. The number of hydrogen-bond donors (Lipinski definition) is 2. The summed E-state index contributed by atoms with van der Waals surface area (Å²) >= 11 is 0. The molecule has 3 heteroatoms. The molecule has 0 bridgehead atoms. The van der Waals surface area contributed by atoms with E-state index in [9.17, 15) is 9.90 Å². The maximum Gasteiger partial charge on any atom is 0.326 e. The van der Waals surface area contributed by atoms with Gasteiger partial charge in [0, 0.05) is 12.1 Å². The first-order valence-corrected chi connectivity index (χ1v) is 6.25. The highest BCUT2D eigenvalue weighted by molar-refractivity contribution is 5.78. The average molecular weight is 255 g/mol. The predicted molar refractivity (Wildman–Crippen MR) is 76.4 cm³/mol. The third kappa shape index (κ3) is 3.58. The van der Waals surface area contributed by atoms with Gasteiger partial charge in [-0.15, -0.1) is 0 Å². The zero-order valence-electron chi connectivity index (χ0n) is 10.8. The molecule has 3 nitrogen and oxygen atoms in total. The standard InChI is InChI=1S/C16H17NO2/c1-12-7-5-6-10-14(12)17-15(16(18)19)11-13-8-3-2-4-9-13/h2-10,15,17H,11H2,1H3,(H,18,19)/t15-/m0/s1. The Kier molecular flexibility index (Phi) is 4.18. The molecule has 0 aliphatic heterocycles. The second-order valence-corrected chi connectivity index (χ2v) is 4.54. The van der Waals surface area contributed by atoms with E-state index in [0.29, 0.717) is 6.42 Å². The molecule has 2 rings (SSSR count). The summed E-state index contributed by atoms with van der Waals surface area (Å²) in [6, 6.07) is 16.7. The van der Waals surface area contributed by atoms with Gasteiger partial charge in [-0.25, -0.2) is 4.79 Å². The average Bonchev–Trinajstić information content (AvgIpc) is 2.41. The van der Waals surface area contributed by atoms with Crippen molar-refractivity contribution in [3.05, 3.63) is 65.7 Å². The van der Waals surface area contributed by atoms with Crippen LogP contribution in [0.1, 0.15) is 11.1 Å². The highest BCUT2D eigenvalue weighted by Gasteiger charge is 2.18. The minimum atomic E-state index is -0.841. The van der Waals surface area contributed by atoms with Crippen LogP contribution in [0.25, 0.3) is 0 Å². The third-order valence-electron chi connectivity index (χ3n) is 3.06. The first-order chi connectivity index (χ1) is 9.16. The minimum absolute atomic E-state index is 0.463. The van der Waals surface area contributed by atoms with Crippen LogP contribution in [0.3, 0.4) is 0 Å². The Balaban J connectivity index is 2.13. The lowest BCUT2D eigenvalue weighted by Gasteiger charge is -2.17. The molecule has 2 N–H and O–H groups in total. The van der Waals surface area contributed by atoms with Crippen LogP contribution in [0.2, 0.25) is 0 Å². The van der Waals surface area contributed by atoms with E-state index in [0.717, 1.165) is 16.8 Å². The van der Waals surface area contributed by atoms with Crippen LogP contribution in [-0.2, 0) is 11.2 Å². The van der Waals surface area contributed by atoms with Crippen molar-refractivity contribution in [3.8, 4) is 0 Å². The van der Waals surface area contributed by atoms with Gasteiger partial charge < -0.3 is 10.4 Å². The molecule has 0 aliphatic rings. The predicted octanol–water partition coefficient (Wildman–Crippen LogP) is 3.10. The molecule has 0 spiro atoms. The molecule has 0 fully saturated rings. The Hall–Kier alpha value is -2.29. The van der Waals surface area contributed by atoms with Crippen molar-refractivity contribution in [1.82, 2.24) is 0 Å². The Morgan fingerprint density at radius 2 is 1.74 bits per heavy atom. The molecular weight excluding hydrogens is 238 g/mol. The Bertz CT molecular complexity index is 552. The number of aliphatic carboxylic acids is 1. The van der Waals surface area contributed by atoms with Gasteiger partial charge in [0.25, 0.3) is 0 Å². The van der Waals surface area contributed by atoms with E-state index in [1.54, 1.807) is 0 Å². The smallest absolute Gasteiger partial charge is 0.326 e. The van der Waals surface area contributed by atoms with Crippen LogP contribution in [0.4, 0.5) is 5.69 Å². The summed E-state index contributed by atoms with van der Waals surface area (Å²) in [5.41, 5.74) is 2.92. The van der Waals surface area contributed by atoms with Crippen LogP contribution in [-0.4, -0.2) is 17.1 Å². The topological polar surface area (TPSA) is 49.3 Å². The number of carboxylic acids is 1. The summed E-state index contributed by atoms with van der Waals surface area (Å²) in [7, 11) is 0. The summed E-state index contributed by atoms with van der Waals surface area (Å²) in [5.74, 6) is -0.841. The molecule has 19 heavy (non-hydrogen) atoms. The van der Waals surface area contributed by atoms with E-state index < -0.39 is 12.0 Å². The number of carbonyl (C=O) groups is 1. The first kappa shape index (κ1) is 13.1. The lowest BCUT2D eigenvalue weighted by molar-refractivity contribution is -0.137. The summed E-state index contributed by atoms with van der Waals surface area (Å²) in [6.07, 6.45) is 0.463. The van der Waals surface area contributed by atoms with Crippen molar-refractivity contribution in [2.45, 2.75) is 19.4 Å². The van der Waals surface area contributed by atoms with Crippen molar-refractivity contribution < 1.29 is 9.90 Å². The van der Waals surface area contributed by atoms with E-state index in [4.69, 9.17) is 0 Å². The Morgan fingerprint density at radius 1 is 1.11 bits per heavy atom. The molecule has 1 atom stereocenters. The Labute approximate surface area is 112 Å². The van der Waals surface area contributed by atoms with Crippen LogP contribution in [0, 0.1) is 6.92 Å². The fourth-order valence-electron chi connectivity index (χ4n) is 1.97. The van der Waals surface area contributed by atoms with Crippen LogP contribution < -0.4 is 5.32 Å². The van der Waals surface area contributed by atoms with E-state index in [2.05, 4.69) is 5.32 Å². The van der Waals surface area contributed by atoms with Gasteiger partial charge in [0.2, 0.25) is 0 Å². The van der Waals surface area contributed by atoms with E-state index >= 15 is 0 Å². The number of benzene rings is 2. The highest BCUT2D eigenvalue weighted by Crippen LogP contribution is 2.16. The van der Waals surface area contributed by atoms with Gasteiger partial charge in [0.1, 0.15) is 6.04 Å². The molecule has 0 heterocycles. The van der Waals surface area contributed by atoms with Crippen molar-refractivity contribution in [3.63, 3.8) is 0 Å². The molecule has 0 saturated heterocycles. The second-order valence-electron chi connectivity index (χ2n) is 4.54. The van der Waals surface area contributed by atoms with Gasteiger partial charge in [-0.2, -0.15) is 0 Å². The maximum atomic E-state index is 11.4. The van der Waals surface area contributed by atoms with Gasteiger partial charge >= 0.3 is 5.97 Å². The van der Waals surface area contributed by atoms with E-state index in [1.165, 1.54) is 0 Å². The first-order valence-electron chi connectivity index (χ1n) is 6.25. The number of para-hydroxylation sites is 1. The van der Waals surface area contributed by atoms with E-state index in [-0.39, 0.29) is 0 Å². The zero-order valence-corrected chi connectivity index (χ0v) is 10.8. The van der Waals surface area contributed by atoms with Crippen molar-refractivity contribution in [2.24, 2.45) is 0 Å². The molecule has 0 aliphatic carbocycles. The number of anilines is 1. The molecule has 0 amide bonds. The SMILES string of the molecule is Cc1ccccc1N[C@@H](Cc1ccccc1)C(=O)O. The molecule has 2 aromatic rings. The lowest BCUT2D eigenvalue weighted by Crippen LogP contribution is -2.31. The fraction of sp³-hybridized carbons (Fsp3) is 0.188. The molecule has 0 aromatic heterocycles. The monoisotopic (exact) mass is 255 g/mol. The number of hydrogen-bond acceptors (Lipinski definition) is 2. The molecule has 2 aromatic carbocycles. The van der Waals surface area contributed by atoms with Gasteiger partial charge in [-0.05, 0) is 24.1 Å². The second kappa shape index (κ2) is 6.05. The van der Waals surface area contributed by atoms with Crippen molar-refractivity contribution in [2.75, 3.05) is 5.32 Å². The lowest BCUT2D eigenvalue weighted by atomic mass is 10.1. The summed E-state index contributed by atoms with van der Waals surface area (Å²) in [5, 5.41) is 12.4. The molecule has 0 saturated carbocycles. The van der Waals surface area contributed by atoms with Crippen LogP contribution >= 0.6 is 0 Å². The number of rotatable bonds is 5. The number of carboxylic acid groups (broad SMARTS) is 1. The Morgan fingerprint density at radius 3 is 2.37 bits per heavy atom. The van der Waals surface area contributed by atoms with Crippen LogP contribution in [0.15, 0.2) is 54.6 Å². The third-order valence-corrected chi connectivity index (χ3v) is 3.06. The normalized spacial score (nSPS) is 11.8. The van der Waals surface area contributed by atoms with Gasteiger partial charge in [0.05, 0.1) is 0 Å². The number of nitrogens with one attached hydrogen (secondary N) is 1. The van der Waals surface area contributed by atoms with Crippen molar-refractivity contribution in [1.29, 1.82) is 0 Å². The molecular formula is C16H17NO2. The fourth-order valence-corrected chi connectivity index (χ4v) is 1.97. The molecule has 0 unspecified atom stereocenters. The van der Waals surface area contributed by atoms with Gasteiger partial charge in [-0.3, -0.25) is 0 Å². The summed E-state index contributed by atoms with van der Waals surface area (Å²) in [6.45, 7) is 1.96. The van der Waals surface area contributed by atoms with E-state index in [1.807, 2.05) is 61.5 Å². The number of aryl methyl sites for hydroxylation is 1. The minimum Gasteiger partial charge on any atom is -0.480 e. The molecule has 98 valence electrons. The largest absolute Gasteiger partial charge is 0.480 e.